The molecule has 0 bridgehead atoms. The predicted molar refractivity (Wildman–Crippen MR) is 110 cm³/mol. The molecule has 0 saturated carbocycles. The summed E-state index contributed by atoms with van der Waals surface area (Å²) in [5.41, 5.74) is 3.23. The standard InChI is InChI=1S/C20H27N5O3S/c1-5-28-19(27)16-8-10-24(11-9-16)18(26)15(4)29-20-21-22-23-25(20)17-7-6-13(2)14(3)12-17/h6-7,12,15-16H,5,8-11H2,1-4H3. The van der Waals surface area contributed by atoms with Gasteiger partial charge in [0, 0.05) is 13.1 Å². The number of amides is 1. The number of piperidine rings is 1. The van der Waals surface area contributed by atoms with Gasteiger partial charge in [0.05, 0.1) is 23.5 Å². The number of nitrogens with zero attached hydrogens (tertiary/aromatic N) is 5. The Morgan fingerprint density at radius 3 is 2.62 bits per heavy atom. The highest BCUT2D eigenvalue weighted by molar-refractivity contribution is 8.00. The fourth-order valence-corrected chi connectivity index (χ4v) is 4.22. The number of thioether (sulfide) groups is 1. The minimum absolute atomic E-state index is 0.0342. The number of ether oxygens (including phenoxy) is 1. The summed E-state index contributed by atoms with van der Waals surface area (Å²) in [5, 5.41) is 12.2. The smallest absolute Gasteiger partial charge is 0.309 e. The van der Waals surface area contributed by atoms with Crippen molar-refractivity contribution in [3.8, 4) is 5.69 Å². The summed E-state index contributed by atoms with van der Waals surface area (Å²) in [6.07, 6.45) is 1.28. The molecule has 1 aliphatic rings. The molecule has 0 radical (unpaired) electrons. The summed E-state index contributed by atoms with van der Waals surface area (Å²) in [5.74, 6) is -0.236. The van der Waals surface area contributed by atoms with Gasteiger partial charge >= 0.3 is 5.97 Å². The molecule has 1 fully saturated rings. The summed E-state index contributed by atoms with van der Waals surface area (Å²) < 4.78 is 6.75. The van der Waals surface area contributed by atoms with Crippen molar-refractivity contribution in [3.63, 3.8) is 0 Å². The Kier molecular flexibility index (Phi) is 6.89. The van der Waals surface area contributed by atoms with Crippen LogP contribution in [-0.4, -0.2) is 61.9 Å². The molecule has 1 aliphatic heterocycles. The van der Waals surface area contributed by atoms with Gasteiger partial charge in [-0.25, -0.2) is 0 Å². The van der Waals surface area contributed by atoms with Crippen molar-refractivity contribution in [2.24, 2.45) is 5.92 Å². The van der Waals surface area contributed by atoms with Crippen molar-refractivity contribution < 1.29 is 14.3 Å². The van der Waals surface area contributed by atoms with Crippen molar-refractivity contribution in [2.45, 2.75) is 50.9 Å². The Hall–Kier alpha value is -2.42. The SMILES string of the molecule is CCOC(=O)C1CCN(C(=O)C(C)Sc2nnnn2-c2ccc(C)c(C)c2)CC1. The molecule has 156 valence electrons. The van der Waals surface area contributed by atoms with Gasteiger partial charge < -0.3 is 9.64 Å². The fraction of sp³-hybridized carbons (Fsp3) is 0.550. The molecular formula is C20H27N5O3S. The van der Waals surface area contributed by atoms with Crippen LogP contribution in [0.25, 0.3) is 5.69 Å². The molecule has 3 rings (SSSR count). The molecule has 0 N–H and O–H groups in total. The average molecular weight is 418 g/mol. The van der Waals surface area contributed by atoms with Crippen LogP contribution in [0, 0.1) is 19.8 Å². The first-order chi connectivity index (χ1) is 13.9. The first-order valence-electron chi connectivity index (χ1n) is 9.88. The van der Waals surface area contributed by atoms with Crippen LogP contribution in [0.1, 0.15) is 37.8 Å². The van der Waals surface area contributed by atoms with Gasteiger partial charge in [-0.05, 0) is 74.2 Å². The molecular weight excluding hydrogens is 390 g/mol. The van der Waals surface area contributed by atoms with E-state index in [-0.39, 0.29) is 23.0 Å². The number of rotatable bonds is 6. The maximum absolute atomic E-state index is 12.9. The summed E-state index contributed by atoms with van der Waals surface area (Å²) in [6.45, 7) is 9.29. The first kappa shape index (κ1) is 21.3. The third-order valence-corrected chi connectivity index (χ3v) is 6.25. The van der Waals surface area contributed by atoms with Crippen LogP contribution in [0.15, 0.2) is 23.4 Å². The monoisotopic (exact) mass is 417 g/mol. The fourth-order valence-electron chi connectivity index (χ4n) is 3.33. The Morgan fingerprint density at radius 1 is 1.24 bits per heavy atom. The van der Waals surface area contributed by atoms with Crippen molar-refractivity contribution in [1.82, 2.24) is 25.1 Å². The number of aryl methyl sites for hydroxylation is 2. The third-order valence-electron chi connectivity index (χ3n) is 5.23. The zero-order chi connectivity index (χ0) is 21.0. The number of hydrogen-bond acceptors (Lipinski definition) is 7. The molecule has 8 nitrogen and oxygen atoms in total. The van der Waals surface area contributed by atoms with E-state index < -0.39 is 0 Å². The lowest BCUT2D eigenvalue weighted by molar-refractivity contribution is -0.151. The lowest BCUT2D eigenvalue weighted by atomic mass is 9.97. The molecule has 2 heterocycles. The number of carbonyl (C=O) groups excluding carboxylic acids is 2. The zero-order valence-electron chi connectivity index (χ0n) is 17.3. The topological polar surface area (TPSA) is 90.2 Å². The number of esters is 1. The van der Waals surface area contributed by atoms with Crippen LogP contribution < -0.4 is 0 Å². The Bertz CT molecular complexity index is 877. The normalized spacial score (nSPS) is 15.9. The molecule has 1 atom stereocenters. The lowest BCUT2D eigenvalue weighted by Crippen LogP contribution is -2.43. The molecule has 1 saturated heterocycles. The van der Waals surface area contributed by atoms with Crippen LogP contribution in [0.4, 0.5) is 0 Å². The second-order valence-electron chi connectivity index (χ2n) is 7.25. The van der Waals surface area contributed by atoms with E-state index in [4.69, 9.17) is 4.74 Å². The molecule has 0 spiro atoms. The molecule has 29 heavy (non-hydrogen) atoms. The summed E-state index contributed by atoms with van der Waals surface area (Å²) >= 11 is 1.34. The second-order valence-corrected chi connectivity index (χ2v) is 8.56. The van der Waals surface area contributed by atoms with E-state index in [1.54, 1.807) is 11.6 Å². The minimum Gasteiger partial charge on any atom is -0.466 e. The maximum Gasteiger partial charge on any atom is 0.309 e. The quantitative estimate of drug-likeness (QED) is 0.527. The van der Waals surface area contributed by atoms with Gasteiger partial charge in [0.15, 0.2) is 0 Å². The largest absolute Gasteiger partial charge is 0.466 e. The van der Waals surface area contributed by atoms with Gasteiger partial charge in [-0.1, -0.05) is 17.8 Å². The number of hydrogen-bond donors (Lipinski definition) is 0. The van der Waals surface area contributed by atoms with Gasteiger partial charge in [-0.2, -0.15) is 4.68 Å². The molecule has 9 heteroatoms. The van der Waals surface area contributed by atoms with E-state index in [1.807, 2.05) is 36.9 Å². The number of likely N-dealkylation sites (tertiary alicyclic amines) is 1. The highest BCUT2D eigenvalue weighted by atomic mass is 32.2. The van der Waals surface area contributed by atoms with Gasteiger partial charge in [-0.3, -0.25) is 9.59 Å². The van der Waals surface area contributed by atoms with Gasteiger partial charge in [-0.15, -0.1) is 5.10 Å². The van der Waals surface area contributed by atoms with E-state index in [9.17, 15) is 9.59 Å². The van der Waals surface area contributed by atoms with E-state index >= 15 is 0 Å². The summed E-state index contributed by atoms with van der Waals surface area (Å²) in [7, 11) is 0. The van der Waals surface area contributed by atoms with E-state index in [2.05, 4.69) is 22.4 Å². The highest BCUT2D eigenvalue weighted by Crippen LogP contribution is 2.27. The highest BCUT2D eigenvalue weighted by Gasteiger charge is 2.31. The van der Waals surface area contributed by atoms with E-state index in [0.29, 0.717) is 37.7 Å². The molecule has 0 aliphatic carbocycles. The summed E-state index contributed by atoms with van der Waals surface area (Å²) in [4.78, 5) is 26.6. The van der Waals surface area contributed by atoms with Crippen molar-refractivity contribution in [1.29, 1.82) is 0 Å². The predicted octanol–water partition coefficient (Wildman–Crippen LogP) is 2.56. The van der Waals surface area contributed by atoms with Crippen LogP contribution in [0.3, 0.4) is 0 Å². The number of aromatic nitrogens is 4. The number of benzene rings is 1. The molecule has 1 unspecified atom stereocenters. The van der Waals surface area contributed by atoms with Gasteiger partial charge in [0.1, 0.15) is 0 Å². The van der Waals surface area contributed by atoms with E-state index in [1.165, 1.54) is 17.3 Å². The van der Waals surface area contributed by atoms with Crippen LogP contribution in [0.5, 0.6) is 0 Å². The van der Waals surface area contributed by atoms with E-state index in [0.717, 1.165) is 11.3 Å². The third kappa shape index (κ3) is 4.95. The second kappa shape index (κ2) is 9.39. The maximum atomic E-state index is 12.9. The summed E-state index contributed by atoms with van der Waals surface area (Å²) in [6, 6.07) is 6.03. The zero-order valence-corrected chi connectivity index (χ0v) is 18.1. The van der Waals surface area contributed by atoms with Crippen LogP contribution >= 0.6 is 11.8 Å². The van der Waals surface area contributed by atoms with Crippen LogP contribution in [0.2, 0.25) is 0 Å². The first-order valence-corrected chi connectivity index (χ1v) is 10.8. The molecule has 2 aromatic rings. The van der Waals surface area contributed by atoms with Crippen molar-refractivity contribution in [2.75, 3.05) is 19.7 Å². The molecule has 1 aromatic heterocycles. The number of tetrazole rings is 1. The molecule has 1 aromatic carbocycles. The Morgan fingerprint density at radius 2 is 1.97 bits per heavy atom. The Balaban J connectivity index is 1.62. The van der Waals surface area contributed by atoms with Gasteiger partial charge in [0.2, 0.25) is 11.1 Å². The van der Waals surface area contributed by atoms with Crippen LogP contribution in [-0.2, 0) is 14.3 Å². The average Bonchev–Trinajstić information content (AvgIpc) is 3.18. The van der Waals surface area contributed by atoms with Crippen molar-refractivity contribution >= 4 is 23.6 Å². The number of carbonyl (C=O) groups is 2. The molecule has 1 amide bonds. The van der Waals surface area contributed by atoms with Gasteiger partial charge in [0.25, 0.3) is 0 Å². The lowest BCUT2D eigenvalue weighted by Gasteiger charge is -2.32. The Labute approximate surface area is 175 Å². The van der Waals surface area contributed by atoms with Crippen molar-refractivity contribution in [3.05, 3.63) is 29.3 Å². The minimum atomic E-state index is -0.328.